The number of benzene rings is 2. The first-order valence-corrected chi connectivity index (χ1v) is 8.84. The van der Waals surface area contributed by atoms with Crippen LogP contribution in [0, 0.1) is 5.82 Å². The molecule has 0 saturated carbocycles. The van der Waals surface area contributed by atoms with Crippen molar-refractivity contribution in [2.24, 2.45) is 0 Å². The van der Waals surface area contributed by atoms with E-state index < -0.39 is 15.8 Å². The Bertz CT molecular complexity index is 847. The first kappa shape index (κ1) is 15.8. The summed E-state index contributed by atoms with van der Waals surface area (Å²) in [4.78, 5) is 0.142. The molecule has 1 aliphatic heterocycles. The molecule has 4 nitrogen and oxygen atoms in total. The van der Waals surface area contributed by atoms with Gasteiger partial charge in [-0.2, -0.15) is 0 Å². The van der Waals surface area contributed by atoms with E-state index in [0.717, 1.165) is 24.5 Å². The van der Waals surface area contributed by atoms with E-state index in [-0.39, 0.29) is 16.2 Å². The molecule has 0 unspecified atom stereocenters. The number of aryl methyl sites for hydroxylation is 1. The van der Waals surface area contributed by atoms with Crippen LogP contribution >= 0.6 is 0 Å². The van der Waals surface area contributed by atoms with Gasteiger partial charge >= 0.3 is 0 Å². The molecule has 0 aliphatic carbocycles. The number of ether oxygens (including phenoxy) is 1. The highest BCUT2D eigenvalue weighted by Gasteiger charge is 2.27. The van der Waals surface area contributed by atoms with Crippen molar-refractivity contribution >= 4 is 15.7 Å². The summed E-state index contributed by atoms with van der Waals surface area (Å²) in [5.41, 5.74) is 0.819. The normalized spacial score (nSPS) is 16.3. The molecule has 3 rings (SSSR count). The second-order valence-electron chi connectivity index (χ2n) is 6.25. The first-order valence-electron chi connectivity index (χ1n) is 7.36. The molecule has 1 heterocycles. The summed E-state index contributed by atoms with van der Waals surface area (Å²) in [6, 6.07) is 10.2. The Kier molecular flexibility index (Phi) is 3.80. The monoisotopic (exact) mass is 335 g/mol. The van der Waals surface area contributed by atoms with Gasteiger partial charge in [0, 0.05) is 0 Å². The smallest absolute Gasteiger partial charge is 0.261 e. The largest absolute Gasteiger partial charge is 0.488 e. The molecule has 0 aromatic heterocycles. The van der Waals surface area contributed by atoms with Crippen LogP contribution in [0.3, 0.4) is 0 Å². The van der Waals surface area contributed by atoms with Crippen molar-refractivity contribution in [2.75, 3.05) is 4.72 Å². The molecular weight excluding hydrogens is 317 g/mol. The topological polar surface area (TPSA) is 55.4 Å². The van der Waals surface area contributed by atoms with E-state index in [2.05, 4.69) is 4.72 Å². The Balaban J connectivity index is 1.89. The number of hydrogen-bond donors (Lipinski definition) is 1. The first-order chi connectivity index (χ1) is 10.8. The minimum atomic E-state index is -3.76. The average Bonchev–Trinajstić information content (AvgIpc) is 2.45. The lowest BCUT2D eigenvalue weighted by atomic mass is 9.94. The maximum Gasteiger partial charge on any atom is 0.261 e. The van der Waals surface area contributed by atoms with Gasteiger partial charge in [-0.15, -0.1) is 0 Å². The lowest BCUT2D eigenvalue weighted by Gasteiger charge is -2.32. The van der Waals surface area contributed by atoms with E-state index in [0.29, 0.717) is 5.75 Å². The minimum Gasteiger partial charge on any atom is -0.488 e. The van der Waals surface area contributed by atoms with Crippen LogP contribution in [-0.2, 0) is 16.4 Å². The number of anilines is 1. The fourth-order valence-corrected chi connectivity index (χ4v) is 3.67. The zero-order valence-corrected chi connectivity index (χ0v) is 13.8. The van der Waals surface area contributed by atoms with E-state index in [4.69, 9.17) is 4.74 Å². The zero-order valence-electron chi connectivity index (χ0n) is 13.0. The van der Waals surface area contributed by atoms with Crippen molar-refractivity contribution in [3.63, 3.8) is 0 Å². The van der Waals surface area contributed by atoms with Crippen molar-refractivity contribution in [2.45, 2.75) is 37.2 Å². The molecule has 0 atom stereocenters. The number of hydrogen-bond acceptors (Lipinski definition) is 3. The molecule has 0 spiro atoms. The fraction of sp³-hybridized carbons (Fsp3) is 0.294. The Morgan fingerprint density at radius 3 is 2.70 bits per heavy atom. The highest BCUT2D eigenvalue weighted by atomic mass is 32.2. The van der Waals surface area contributed by atoms with Gasteiger partial charge in [-0.3, -0.25) is 4.72 Å². The predicted molar refractivity (Wildman–Crippen MR) is 86.7 cm³/mol. The minimum absolute atomic E-state index is 0.142. The van der Waals surface area contributed by atoms with E-state index in [1.807, 2.05) is 13.8 Å². The van der Waals surface area contributed by atoms with Crippen molar-refractivity contribution in [1.82, 2.24) is 0 Å². The Labute approximate surface area is 135 Å². The maximum atomic E-state index is 13.2. The summed E-state index contributed by atoms with van der Waals surface area (Å²) in [5.74, 6) is 0.220. The molecule has 0 saturated heterocycles. The SMILES string of the molecule is CC1(C)CCc2cc(S(=O)(=O)Nc3cccc(F)c3)ccc2O1. The predicted octanol–water partition coefficient (Wildman–Crippen LogP) is 3.73. The number of fused-ring (bicyclic) bond motifs is 1. The van der Waals surface area contributed by atoms with Crippen molar-refractivity contribution in [3.8, 4) is 5.75 Å². The van der Waals surface area contributed by atoms with E-state index in [1.165, 1.54) is 24.3 Å². The number of halogens is 1. The molecule has 6 heteroatoms. The summed E-state index contributed by atoms with van der Waals surface area (Å²) in [5, 5.41) is 0. The molecule has 2 aromatic carbocycles. The standard InChI is InChI=1S/C17H18FNO3S/c1-17(2)9-8-12-10-15(6-7-16(12)22-17)23(20,21)19-14-5-3-4-13(18)11-14/h3-7,10-11,19H,8-9H2,1-2H3. The molecule has 0 fully saturated rings. The lowest BCUT2D eigenvalue weighted by molar-refractivity contribution is 0.0845. The number of rotatable bonds is 3. The quantitative estimate of drug-likeness (QED) is 0.930. The van der Waals surface area contributed by atoms with Crippen LogP contribution in [0.15, 0.2) is 47.4 Å². The van der Waals surface area contributed by atoms with Crippen LogP contribution in [0.1, 0.15) is 25.8 Å². The van der Waals surface area contributed by atoms with Crippen LogP contribution in [0.5, 0.6) is 5.75 Å². The molecule has 0 bridgehead atoms. The van der Waals surface area contributed by atoms with E-state index in [9.17, 15) is 12.8 Å². The molecular formula is C17H18FNO3S. The molecule has 1 aliphatic rings. The molecule has 1 N–H and O–H groups in total. The third kappa shape index (κ3) is 3.47. The summed E-state index contributed by atoms with van der Waals surface area (Å²) >= 11 is 0. The van der Waals surface area contributed by atoms with Crippen molar-refractivity contribution in [1.29, 1.82) is 0 Å². The maximum absolute atomic E-state index is 13.2. The van der Waals surface area contributed by atoms with Gasteiger partial charge in [0.25, 0.3) is 10.0 Å². The van der Waals surface area contributed by atoms with Crippen LogP contribution in [0.2, 0.25) is 0 Å². The fourth-order valence-electron chi connectivity index (χ4n) is 2.57. The van der Waals surface area contributed by atoms with Gasteiger partial charge in [0.1, 0.15) is 17.2 Å². The van der Waals surface area contributed by atoms with Gasteiger partial charge in [0.05, 0.1) is 10.6 Å². The highest BCUT2D eigenvalue weighted by Crippen LogP contribution is 2.34. The van der Waals surface area contributed by atoms with Crippen LogP contribution in [0.4, 0.5) is 10.1 Å². The van der Waals surface area contributed by atoms with Gasteiger partial charge in [0.2, 0.25) is 0 Å². The van der Waals surface area contributed by atoms with Crippen LogP contribution in [-0.4, -0.2) is 14.0 Å². The summed E-state index contributed by atoms with van der Waals surface area (Å²) in [7, 11) is -3.76. The Morgan fingerprint density at radius 1 is 1.17 bits per heavy atom. The second kappa shape index (κ2) is 5.53. The Hall–Kier alpha value is -2.08. The van der Waals surface area contributed by atoms with Crippen molar-refractivity contribution in [3.05, 3.63) is 53.8 Å². The molecule has 122 valence electrons. The number of nitrogens with one attached hydrogen (secondary N) is 1. The van der Waals surface area contributed by atoms with Crippen molar-refractivity contribution < 1.29 is 17.5 Å². The molecule has 2 aromatic rings. The summed E-state index contributed by atoms with van der Waals surface area (Å²) < 4.78 is 46.3. The third-order valence-corrected chi connectivity index (χ3v) is 5.18. The van der Waals surface area contributed by atoms with Gasteiger partial charge in [0.15, 0.2) is 0 Å². The second-order valence-corrected chi connectivity index (χ2v) is 7.93. The molecule has 23 heavy (non-hydrogen) atoms. The lowest BCUT2D eigenvalue weighted by Crippen LogP contribution is -2.32. The van der Waals surface area contributed by atoms with Gasteiger partial charge < -0.3 is 4.74 Å². The van der Waals surface area contributed by atoms with E-state index >= 15 is 0 Å². The highest BCUT2D eigenvalue weighted by molar-refractivity contribution is 7.92. The summed E-state index contributed by atoms with van der Waals surface area (Å²) in [6.07, 6.45) is 1.58. The van der Waals surface area contributed by atoms with Gasteiger partial charge in [-0.05, 0) is 68.7 Å². The average molecular weight is 335 g/mol. The zero-order chi connectivity index (χ0) is 16.7. The van der Waals surface area contributed by atoms with Crippen LogP contribution in [0.25, 0.3) is 0 Å². The third-order valence-electron chi connectivity index (χ3n) is 3.80. The Morgan fingerprint density at radius 2 is 1.96 bits per heavy atom. The molecule has 0 radical (unpaired) electrons. The van der Waals surface area contributed by atoms with Gasteiger partial charge in [-0.1, -0.05) is 6.07 Å². The number of sulfonamides is 1. The van der Waals surface area contributed by atoms with E-state index in [1.54, 1.807) is 12.1 Å². The molecule has 0 amide bonds. The summed E-state index contributed by atoms with van der Waals surface area (Å²) in [6.45, 7) is 4.01. The van der Waals surface area contributed by atoms with Crippen LogP contribution < -0.4 is 9.46 Å². The van der Waals surface area contributed by atoms with Gasteiger partial charge in [-0.25, -0.2) is 12.8 Å².